The van der Waals surface area contributed by atoms with Gasteiger partial charge in [0.15, 0.2) is 0 Å². The highest BCUT2D eigenvalue weighted by Gasteiger charge is 2.20. The van der Waals surface area contributed by atoms with Crippen molar-refractivity contribution in [2.45, 2.75) is 26.4 Å². The molecule has 0 bridgehead atoms. The Balaban J connectivity index is 2.54. The first-order chi connectivity index (χ1) is 7.65. The van der Waals surface area contributed by atoms with Crippen LogP contribution < -0.4 is 10.6 Å². The van der Waals surface area contributed by atoms with Crippen LogP contribution in [0.25, 0.3) is 0 Å². The quantitative estimate of drug-likeness (QED) is 0.778. The molecule has 1 heterocycles. The molecule has 1 atom stereocenters. The van der Waals surface area contributed by atoms with E-state index in [-0.39, 0.29) is 17.9 Å². The zero-order valence-corrected chi connectivity index (χ0v) is 10.0. The molecule has 0 aromatic carbocycles. The topological polar surface area (TPSA) is 54.0 Å². The van der Waals surface area contributed by atoms with E-state index in [2.05, 4.69) is 15.6 Å². The molecule has 16 heavy (non-hydrogen) atoms. The lowest BCUT2D eigenvalue weighted by molar-refractivity contribution is -0.123. The standard InChI is InChI=1S/C12H19N3O/c1-9(2)11(12(16)13-3)15-8-10-6-4-5-7-14-10/h4-7,9,11,15H,8H2,1-3H3,(H,13,16). The summed E-state index contributed by atoms with van der Waals surface area (Å²) in [5.74, 6) is 0.273. The number of carbonyl (C=O) groups is 1. The smallest absolute Gasteiger partial charge is 0.237 e. The maximum atomic E-state index is 11.6. The van der Waals surface area contributed by atoms with Crippen LogP contribution in [0.1, 0.15) is 19.5 Å². The minimum absolute atomic E-state index is 0.0194. The Morgan fingerprint density at radius 2 is 2.19 bits per heavy atom. The summed E-state index contributed by atoms with van der Waals surface area (Å²) < 4.78 is 0. The third-order valence-electron chi connectivity index (χ3n) is 2.42. The molecule has 0 saturated carbocycles. The van der Waals surface area contributed by atoms with Crippen LogP contribution in [-0.4, -0.2) is 24.0 Å². The van der Waals surface area contributed by atoms with Crippen LogP contribution in [0.3, 0.4) is 0 Å². The van der Waals surface area contributed by atoms with E-state index in [4.69, 9.17) is 0 Å². The van der Waals surface area contributed by atoms with Crippen LogP contribution in [0.15, 0.2) is 24.4 Å². The Morgan fingerprint density at radius 1 is 1.44 bits per heavy atom. The number of pyridine rings is 1. The molecule has 88 valence electrons. The minimum Gasteiger partial charge on any atom is -0.358 e. The van der Waals surface area contributed by atoms with Crippen molar-refractivity contribution < 1.29 is 4.79 Å². The molecule has 0 spiro atoms. The van der Waals surface area contributed by atoms with Gasteiger partial charge in [0.25, 0.3) is 0 Å². The predicted molar refractivity (Wildman–Crippen MR) is 63.8 cm³/mol. The molecule has 1 aromatic heterocycles. The lowest BCUT2D eigenvalue weighted by atomic mass is 10.0. The predicted octanol–water partition coefficient (Wildman–Crippen LogP) is 0.942. The Hall–Kier alpha value is -1.42. The van der Waals surface area contributed by atoms with Gasteiger partial charge in [-0.25, -0.2) is 0 Å². The number of nitrogens with zero attached hydrogens (tertiary/aromatic N) is 1. The van der Waals surface area contributed by atoms with E-state index in [1.165, 1.54) is 0 Å². The molecule has 2 N–H and O–H groups in total. The zero-order valence-electron chi connectivity index (χ0n) is 10.0. The normalized spacial score (nSPS) is 12.5. The highest BCUT2D eigenvalue weighted by Crippen LogP contribution is 2.03. The minimum atomic E-state index is -0.174. The van der Waals surface area contributed by atoms with Crippen molar-refractivity contribution in [3.05, 3.63) is 30.1 Å². The third kappa shape index (κ3) is 3.62. The molecule has 0 aliphatic rings. The van der Waals surface area contributed by atoms with E-state index in [0.29, 0.717) is 6.54 Å². The first-order valence-electron chi connectivity index (χ1n) is 5.50. The Kier molecular flexibility index (Phi) is 4.92. The average Bonchev–Trinajstić information content (AvgIpc) is 2.30. The molecule has 0 fully saturated rings. The molecular weight excluding hydrogens is 202 g/mol. The second-order valence-electron chi connectivity index (χ2n) is 4.04. The summed E-state index contributed by atoms with van der Waals surface area (Å²) in [6.45, 7) is 4.65. The monoisotopic (exact) mass is 221 g/mol. The van der Waals surface area contributed by atoms with Gasteiger partial charge in [0, 0.05) is 19.8 Å². The van der Waals surface area contributed by atoms with Gasteiger partial charge in [-0.05, 0) is 18.1 Å². The lowest BCUT2D eigenvalue weighted by Crippen LogP contribution is -2.46. The van der Waals surface area contributed by atoms with Crippen molar-refractivity contribution in [2.75, 3.05) is 7.05 Å². The van der Waals surface area contributed by atoms with Gasteiger partial charge in [-0.15, -0.1) is 0 Å². The summed E-state index contributed by atoms with van der Waals surface area (Å²) in [7, 11) is 1.65. The molecule has 0 saturated heterocycles. The fraction of sp³-hybridized carbons (Fsp3) is 0.500. The molecule has 1 rings (SSSR count). The summed E-state index contributed by atoms with van der Waals surface area (Å²) in [4.78, 5) is 15.8. The number of hydrogen-bond donors (Lipinski definition) is 2. The summed E-state index contributed by atoms with van der Waals surface area (Å²) in [5, 5.41) is 5.87. The van der Waals surface area contributed by atoms with Gasteiger partial charge in [0.05, 0.1) is 11.7 Å². The molecule has 0 radical (unpaired) electrons. The van der Waals surface area contributed by atoms with Crippen molar-refractivity contribution in [2.24, 2.45) is 5.92 Å². The van der Waals surface area contributed by atoms with Gasteiger partial charge in [-0.3, -0.25) is 15.1 Å². The molecule has 4 nitrogen and oxygen atoms in total. The summed E-state index contributed by atoms with van der Waals surface area (Å²) >= 11 is 0. The third-order valence-corrected chi connectivity index (χ3v) is 2.42. The van der Waals surface area contributed by atoms with E-state index in [9.17, 15) is 4.79 Å². The second-order valence-corrected chi connectivity index (χ2v) is 4.04. The number of carbonyl (C=O) groups excluding carboxylic acids is 1. The van der Waals surface area contributed by atoms with Gasteiger partial charge >= 0.3 is 0 Å². The average molecular weight is 221 g/mol. The summed E-state index contributed by atoms with van der Waals surface area (Å²) in [5.41, 5.74) is 0.942. The summed E-state index contributed by atoms with van der Waals surface area (Å²) in [6, 6.07) is 5.58. The van der Waals surface area contributed by atoms with Crippen LogP contribution in [0.2, 0.25) is 0 Å². The van der Waals surface area contributed by atoms with E-state index in [1.54, 1.807) is 13.2 Å². The highest BCUT2D eigenvalue weighted by molar-refractivity contribution is 5.81. The van der Waals surface area contributed by atoms with Crippen molar-refractivity contribution in [3.63, 3.8) is 0 Å². The molecule has 1 aromatic rings. The van der Waals surface area contributed by atoms with E-state index in [0.717, 1.165) is 5.69 Å². The number of amides is 1. The van der Waals surface area contributed by atoms with Gasteiger partial charge in [-0.2, -0.15) is 0 Å². The molecule has 0 aliphatic heterocycles. The van der Waals surface area contributed by atoms with Gasteiger partial charge in [0.1, 0.15) is 0 Å². The van der Waals surface area contributed by atoms with Crippen LogP contribution in [0.4, 0.5) is 0 Å². The van der Waals surface area contributed by atoms with E-state index >= 15 is 0 Å². The number of hydrogen-bond acceptors (Lipinski definition) is 3. The van der Waals surface area contributed by atoms with E-state index < -0.39 is 0 Å². The Morgan fingerprint density at radius 3 is 2.69 bits per heavy atom. The van der Waals surface area contributed by atoms with Gasteiger partial charge in [-0.1, -0.05) is 19.9 Å². The molecule has 4 heteroatoms. The van der Waals surface area contributed by atoms with Crippen LogP contribution in [0.5, 0.6) is 0 Å². The first kappa shape index (κ1) is 12.6. The van der Waals surface area contributed by atoms with Crippen molar-refractivity contribution >= 4 is 5.91 Å². The SMILES string of the molecule is CNC(=O)C(NCc1ccccn1)C(C)C. The van der Waals surface area contributed by atoms with Crippen molar-refractivity contribution in [1.82, 2.24) is 15.6 Å². The second kappa shape index (κ2) is 6.23. The number of aromatic nitrogens is 1. The first-order valence-corrected chi connectivity index (χ1v) is 5.50. The number of likely N-dealkylation sites (N-methyl/N-ethyl adjacent to an activating group) is 1. The van der Waals surface area contributed by atoms with Crippen LogP contribution >= 0.6 is 0 Å². The number of rotatable bonds is 5. The fourth-order valence-corrected chi connectivity index (χ4v) is 1.50. The largest absolute Gasteiger partial charge is 0.358 e. The Labute approximate surface area is 96.5 Å². The van der Waals surface area contributed by atoms with Crippen LogP contribution in [0, 0.1) is 5.92 Å². The van der Waals surface area contributed by atoms with E-state index in [1.807, 2.05) is 32.0 Å². The van der Waals surface area contributed by atoms with Crippen LogP contribution in [-0.2, 0) is 11.3 Å². The van der Waals surface area contributed by atoms with Gasteiger partial charge < -0.3 is 5.32 Å². The molecule has 0 aliphatic carbocycles. The molecular formula is C12H19N3O. The molecule has 1 unspecified atom stereocenters. The van der Waals surface area contributed by atoms with Gasteiger partial charge in [0.2, 0.25) is 5.91 Å². The summed E-state index contributed by atoms with van der Waals surface area (Å²) in [6.07, 6.45) is 1.75. The number of nitrogens with one attached hydrogen (secondary N) is 2. The lowest BCUT2D eigenvalue weighted by Gasteiger charge is -2.20. The zero-order chi connectivity index (χ0) is 12.0. The maximum absolute atomic E-state index is 11.6. The maximum Gasteiger partial charge on any atom is 0.237 e. The van der Waals surface area contributed by atoms with Crippen molar-refractivity contribution in [1.29, 1.82) is 0 Å². The highest BCUT2D eigenvalue weighted by atomic mass is 16.2. The van der Waals surface area contributed by atoms with Crippen molar-refractivity contribution in [3.8, 4) is 0 Å². The fourth-order valence-electron chi connectivity index (χ4n) is 1.50. The molecule has 1 amide bonds. The Bertz CT molecular complexity index is 324.